The minimum absolute atomic E-state index is 0.530. The van der Waals surface area contributed by atoms with Gasteiger partial charge in [-0.05, 0) is 37.5 Å². The van der Waals surface area contributed by atoms with E-state index in [9.17, 15) is 0 Å². The zero-order chi connectivity index (χ0) is 12.0. The van der Waals surface area contributed by atoms with E-state index in [0.29, 0.717) is 25.7 Å². The van der Waals surface area contributed by atoms with Gasteiger partial charge in [-0.15, -0.1) is 11.6 Å². The van der Waals surface area contributed by atoms with Gasteiger partial charge in [-0.3, -0.25) is 0 Å². The molecule has 0 N–H and O–H groups in total. The van der Waals surface area contributed by atoms with Crippen LogP contribution in [0.2, 0.25) is 0 Å². The van der Waals surface area contributed by atoms with Gasteiger partial charge in [0.05, 0.1) is 13.2 Å². The molecule has 1 aromatic rings. The van der Waals surface area contributed by atoms with E-state index >= 15 is 0 Å². The molecule has 16 heavy (non-hydrogen) atoms. The van der Waals surface area contributed by atoms with E-state index in [0.717, 1.165) is 5.75 Å². The van der Waals surface area contributed by atoms with E-state index in [2.05, 4.69) is 32.9 Å². The fourth-order valence-electron chi connectivity index (χ4n) is 1.51. The Morgan fingerprint density at radius 3 is 2.38 bits per heavy atom. The summed E-state index contributed by atoms with van der Waals surface area (Å²) in [6, 6.07) is 4.19. The quantitative estimate of drug-likeness (QED) is 0.563. The van der Waals surface area contributed by atoms with Crippen LogP contribution in [0.4, 0.5) is 0 Å². The smallest absolute Gasteiger partial charge is 0.125 e. The van der Waals surface area contributed by atoms with Crippen molar-refractivity contribution in [1.29, 1.82) is 0 Å². The molecule has 90 valence electrons. The van der Waals surface area contributed by atoms with Gasteiger partial charge in [0.15, 0.2) is 0 Å². The molecule has 0 saturated carbocycles. The summed E-state index contributed by atoms with van der Waals surface area (Å²) in [6.45, 7) is 7.96. The summed E-state index contributed by atoms with van der Waals surface area (Å²) in [7, 11) is 0. The first-order valence-electron chi connectivity index (χ1n) is 5.50. The van der Waals surface area contributed by atoms with Crippen molar-refractivity contribution in [3.63, 3.8) is 0 Å². The molecule has 0 saturated heterocycles. The average molecular weight is 243 g/mol. The Balaban J connectivity index is 2.50. The number of ether oxygens (including phenoxy) is 2. The van der Waals surface area contributed by atoms with Crippen LogP contribution in [0, 0.1) is 20.8 Å². The van der Waals surface area contributed by atoms with E-state index in [4.69, 9.17) is 21.1 Å². The predicted molar refractivity (Wildman–Crippen MR) is 67.7 cm³/mol. The lowest BCUT2D eigenvalue weighted by atomic mass is 10.1. The normalized spacial score (nSPS) is 10.5. The topological polar surface area (TPSA) is 18.5 Å². The van der Waals surface area contributed by atoms with Gasteiger partial charge in [0.2, 0.25) is 0 Å². The van der Waals surface area contributed by atoms with Crippen LogP contribution in [0.1, 0.15) is 16.7 Å². The summed E-state index contributed by atoms with van der Waals surface area (Å²) in [5.74, 6) is 1.51. The molecule has 0 spiro atoms. The number of benzene rings is 1. The van der Waals surface area contributed by atoms with E-state index in [1.807, 2.05) is 0 Å². The molecule has 2 nitrogen and oxygen atoms in total. The van der Waals surface area contributed by atoms with Gasteiger partial charge >= 0.3 is 0 Å². The highest BCUT2D eigenvalue weighted by atomic mass is 35.5. The van der Waals surface area contributed by atoms with Crippen LogP contribution < -0.4 is 4.74 Å². The minimum Gasteiger partial charge on any atom is -0.491 e. The van der Waals surface area contributed by atoms with Gasteiger partial charge < -0.3 is 9.47 Å². The molecule has 1 rings (SSSR count). The first kappa shape index (κ1) is 13.3. The number of halogens is 1. The number of hydrogen-bond acceptors (Lipinski definition) is 2. The molecule has 0 fully saturated rings. The summed E-state index contributed by atoms with van der Waals surface area (Å²) in [5, 5.41) is 0. The van der Waals surface area contributed by atoms with Crippen LogP contribution in [-0.4, -0.2) is 25.7 Å². The first-order valence-corrected chi connectivity index (χ1v) is 6.03. The van der Waals surface area contributed by atoms with Crippen LogP contribution >= 0.6 is 11.6 Å². The van der Waals surface area contributed by atoms with Gasteiger partial charge in [-0.25, -0.2) is 0 Å². The SMILES string of the molecule is Cc1ccc(C)c(OCCOCCCl)c1C. The highest BCUT2D eigenvalue weighted by Crippen LogP contribution is 2.25. The van der Waals surface area contributed by atoms with Crippen LogP contribution in [0.3, 0.4) is 0 Å². The molecule has 0 heterocycles. The van der Waals surface area contributed by atoms with Gasteiger partial charge in [-0.1, -0.05) is 12.1 Å². The molecule has 0 atom stereocenters. The number of aryl methyl sites for hydroxylation is 2. The fourth-order valence-corrected chi connectivity index (χ4v) is 1.62. The zero-order valence-electron chi connectivity index (χ0n) is 10.2. The van der Waals surface area contributed by atoms with Crippen molar-refractivity contribution < 1.29 is 9.47 Å². The van der Waals surface area contributed by atoms with Gasteiger partial charge in [-0.2, -0.15) is 0 Å². The lowest BCUT2D eigenvalue weighted by Crippen LogP contribution is -2.09. The molecule has 0 unspecified atom stereocenters. The maximum absolute atomic E-state index is 5.73. The van der Waals surface area contributed by atoms with Crippen LogP contribution in [0.15, 0.2) is 12.1 Å². The van der Waals surface area contributed by atoms with Gasteiger partial charge in [0.25, 0.3) is 0 Å². The fraction of sp³-hybridized carbons (Fsp3) is 0.538. The van der Waals surface area contributed by atoms with Gasteiger partial charge in [0, 0.05) is 5.88 Å². The van der Waals surface area contributed by atoms with Gasteiger partial charge in [0.1, 0.15) is 12.4 Å². The Hall–Kier alpha value is -0.730. The molecule has 0 aliphatic rings. The molecule has 0 bridgehead atoms. The molecule has 0 aliphatic heterocycles. The highest BCUT2D eigenvalue weighted by molar-refractivity contribution is 6.17. The molecule has 0 aromatic heterocycles. The molecular weight excluding hydrogens is 224 g/mol. The number of rotatable bonds is 6. The molecular formula is C13H19ClO2. The minimum atomic E-state index is 0.530. The van der Waals surface area contributed by atoms with Crippen molar-refractivity contribution >= 4 is 11.6 Å². The zero-order valence-corrected chi connectivity index (χ0v) is 10.9. The molecule has 3 heteroatoms. The summed E-state index contributed by atoms with van der Waals surface area (Å²) >= 11 is 5.50. The summed E-state index contributed by atoms with van der Waals surface area (Å²) in [5.41, 5.74) is 3.63. The second-order valence-electron chi connectivity index (χ2n) is 3.80. The van der Waals surface area contributed by atoms with Crippen molar-refractivity contribution in [3.8, 4) is 5.75 Å². The van der Waals surface area contributed by atoms with Crippen molar-refractivity contribution in [3.05, 3.63) is 28.8 Å². The summed E-state index contributed by atoms with van der Waals surface area (Å²) in [6.07, 6.45) is 0. The van der Waals surface area contributed by atoms with Crippen LogP contribution in [-0.2, 0) is 4.74 Å². The molecule has 0 aliphatic carbocycles. The lowest BCUT2D eigenvalue weighted by Gasteiger charge is -2.13. The average Bonchev–Trinajstić information content (AvgIpc) is 2.28. The third kappa shape index (κ3) is 3.69. The third-order valence-corrected chi connectivity index (χ3v) is 2.72. The van der Waals surface area contributed by atoms with E-state index in [-0.39, 0.29) is 0 Å². The van der Waals surface area contributed by atoms with Crippen molar-refractivity contribution in [1.82, 2.24) is 0 Å². The summed E-state index contributed by atoms with van der Waals surface area (Å²) < 4.78 is 11.0. The van der Waals surface area contributed by atoms with Crippen molar-refractivity contribution in [2.75, 3.05) is 25.7 Å². The van der Waals surface area contributed by atoms with E-state index in [1.54, 1.807) is 0 Å². The van der Waals surface area contributed by atoms with E-state index in [1.165, 1.54) is 16.7 Å². The Morgan fingerprint density at radius 2 is 1.69 bits per heavy atom. The Kier molecular flexibility index (Phi) is 5.64. The molecule has 1 aromatic carbocycles. The molecule has 0 radical (unpaired) electrons. The third-order valence-electron chi connectivity index (χ3n) is 2.57. The number of hydrogen-bond donors (Lipinski definition) is 0. The van der Waals surface area contributed by atoms with Crippen LogP contribution in [0.5, 0.6) is 5.75 Å². The predicted octanol–water partition coefficient (Wildman–Crippen LogP) is 3.25. The van der Waals surface area contributed by atoms with Crippen molar-refractivity contribution in [2.24, 2.45) is 0 Å². The first-order chi connectivity index (χ1) is 7.66. The second-order valence-corrected chi connectivity index (χ2v) is 4.18. The standard InChI is InChI=1S/C13H19ClO2/c1-10-4-5-11(2)13(12(10)3)16-9-8-15-7-6-14/h4-5H,6-9H2,1-3H3. The maximum atomic E-state index is 5.73. The van der Waals surface area contributed by atoms with E-state index < -0.39 is 0 Å². The Bertz CT molecular complexity index is 337. The molecule has 0 amide bonds. The lowest BCUT2D eigenvalue weighted by molar-refractivity contribution is 0.111. The largest absolute Gasteiger partial charge is 0.491 e. The van der Waals surface area contributed by atoms with Crippen molar-refractivity contribution in [2.45, 2.75) is 20.8 Å². The Morgan fingerprint density at radius 1 is 1.00 bits per heavy atom. The monoisotopic (exact) mass is 242 g/mol. The highest BCUT2D eigenvalue weighted by Gasteiger charge is 2.05. The Labute approximate surface area is 103 Å². The maximum Gasteiger partial charge on any atom is 0.125 e. The number of alkyl halides is 1. The summed E-state index contributed by atoms with van der Waals surface area (Å²) in [4.78, 5) is 0. The second kappa shape index (κ2) is 6.77. The van der Waals surface area contributed by atoms with Crippen LogP contribution in [0.25, 0.3) is 0 Å².